The molecule has 1 N–H and O–H groups in total. The summed E-state index contributed by atoms with van der Waals surface area (Å²) in [6.07, 6.45) is 0. The second kappa shape index (κ2) is 7.38. The lowest BCUT2D eigenvalue weighted by Gasteiger charge is -2.39. The Balaban J connectivity index is 1.88. The molecule has 1 amide bonds. The first-order valence-electron chi connectivity index (χ1n) is 8.25. The van der Waals surface area contributed by atoms with Crippen molar-refractivity contribution >= 4 is 5.91 Å². The van der Waals surface area contributed by atoms with Crippen molar-refractivity contribution in [2.75, 3.05) is 45.9 Å². The number of amides is 1. The highest BCUT2D eigenvalue weighted by molar-refractivity contribution is 5.83. The largest absolute Gasteiger partial charge is 0.379 e. The third-order valence-corrected chi connectivity index (χ3v) is 4.52. The topological polar surface area (TPSA) is 44.8 Å². The molecule has 0 spiro atoms. The number of nitrogens with zero attached hydrogens (tertiary/aromatic N) is 2. The molecule has 0 saturated carbocycles. The van der Waals surface area contributed by atoms with Gasteiger partial charge < -0.3 is 15.0 Å². The average Bonchev–Trinajstić information content (AvgIpc) is 2.58. The number of hydrogen-bond acceptors (Lipinski definition) is 4. The molecule has 0 aromatic heterocycles. The van der Waals surface area contributed by atoms with Crippen molar-refractivity contribution in [2.24, 2.45) is 0 Å². The lowest BCUT2D eigenvalue weighted by atomic mass is 10.0. The minimum absolute atomic E-state index is 0.00894. The summed E-state index contributed by atoms with van der Waals surface area (Å²) in [6, 6.07) is 6.30. The van der Waals surface area contributed by atoms with Crippen LogP contribution in [0.1, 0.15) is 18.5 Å². The number of rotatable bonds is 3. The van der Waals surface area contributed by atoms with Crippen LogP contribution in [0.4, 0.5) is 4.39 Å². The van der Waals surface area contributed by atoms with Gasteiger partial charge in [0.1, 0.15) is 11.9 Å². The third kappa shape index (κ3) is 3.71. The molecule has 126 valence electrons. The lowest BCUT2D eigenvalue weighted by Crippen LogP contribution is -2.55. The zero-order valence-corrected chi connectivity index (χ0v) is 13.5. The molecule has 2 aliphatic rings. The summed E-state index contributed by atoms with van der Waals surface area (Å²) in [6.45, 7) is 6.62. The number of halogens is 1. The number of carbonyl (C=O) groups is 1. The smallest absolute Gasteiger partial charge is 0.244 e. The van der Waals surface area contributed by atoms with Crippen LogP contribution in [0.5, 0.6) is 0 Å². The maximum atomic E-state index is 14.4. The molecular weight excluding hydrogens is 297 g/mol. The summed E-state index contributed by atoms with van der Waals surface area (Å²) < 4.78 is 19.7. The van der Waals surface area contributed by atoms with E-state index in [9.17, 15) is 9.18 Å². The summed E-state index contributed by atoms with van der Waals surface area (Å²) in [5, 5.41) is 3.33. The number of benzene rings is 1. The Kier molecular flexibility index (Phi) is 5.25. The van der Waals surface area contributed by atoms with Gasteiger partial charge in [-0.2, -0.15) is 0 Å². The molecule has 0 bridgehead atoms. The van der Waals surface area contributed by atoms with Gasteiger partial charge in [-0.1, -0.05) is 18.2 Å². The average molecular weight is 321 g/mol. The zero-order chi connectivity index (χ0) is 16.2. The Morgan fingerprint density at radius 2 is 2.04 bits per heavy atom. The van der Waals surface area contributed by atoms with Crippen molar-refractivity contribution in [2.45, 2.75) is 19.0 Å². The van der Waals surface area contributed by atoms with E-state index in [2.05, 4.69) is 12.2 Å². The first-order chi connectivity index (χ1) is 11.2. The molecule has 6 heteroatoms. The van der Waals surface area contributed by atoms with E-state index in [4.69, 9.17) is 4.74 Å². The Bertz CT molecular complexity index is 548. The molecule has 2 atom stereocenters. The van der Waals surface area contributed by atoms with Crippen LogP contribution in [0, 0.1) is 5.82 Å². The van der Waals surface area contributed by atoms with Gasteiger partial charge in [-0.15, -0.1) is 0 Å². The highest BCUT2D eigenvalue weighted by Crippen LogP contribution is 2.27. The number of hydrogen-bond donors (Lipinski definition) is 1. The van der Waals surface area contributed by atoms with E-state index in [0.717, 1.165) is 6.54 Å². The summed E-state index contributed by atoms with van der Waals surface area (Å²) in [5.74, 6) is -0.328. The Labute approximate surface area is 136 Å². The van der Waals surface area contributed by atoms with E-state index in [1.807, 2.05) is 9.80 Å². The maximum Gasteiger partial charge on any atom is 0.244 e. The van der Waals surface area contributed by atoms with E-state index >= 15 is 0 Å². The van der Waals surface area contributed by atoms with Crippen LogP contribution >= 0.6 is 0 Å². The molecule has 0 unspecified atom stereocenters. The predicted octanol–water partition coefficient (Wildman–Crippen LogP) is 1.02. The number of ether oxygens (including phenoxy) is 1. The molecule has 1 aromatic rings. The van der Waals surface area contributed by atoms with Gasteiger partial charge in [0.05, 0.1) is 13.2 Å². The summed E-state index contributed by atoms with van der Waals surface area (Å²) >= 11 is 0. The summed E-state index contributed by atoms with van der Waals surface area (Å²) in [7, 11) is 0. The highest BCUT2D eigenvalue weighted by Gasteiger charge is 2.35. The Hall–Kier alpha value is -1.50. The van der Waals surface area contributed by atoms with Gasteiger partial charge in [-0.05, 0) is 13.0 Å². The fraction of sp³-hybridized carbons (Fsp3) is 0.588. The maximum absolute atomic E-state index is 14.4. The van der Waals surface area contributed by atoms with Gasteiger partial charge in [-0.25, -0.2) is 4.39 Å². The summed E-state index contributed by atoms with van der Waals surface area (Å²) in [5.41, 5.74) is 0.464. The monoisotopic (exact) mass is 321 g/mol. The van der Waals surface area contributed by atoms with Crippen molar-refractivity contribution in [1.29, 1.82) is 0 Å². The Morgan fingerprint density at radius 3 is 2.74 bits per heavy atom. The quantitative estimate of drug-likeness (QED) is 0.903. The molecule has 0 radical (unpaired) electrons. The van der Waals surface area contributed by atoms with Gasteiger partial charge in [0, 0.05) is 44.3 Å². The van der Waals surface area contributed by atoms with Gasteiger partial charge >= 0.3 is 0 Å². The van der Waals surface area contributed by atoms with Gasteiger partial charge in [0.2, 0.25) is 5.91 Å². The van der Waals surface area contributed by atoms with E-state index in [1.165, 1.54) is 6.07 Å². The van der Waals surface area contributed by atoms with E-state index in [0.29, 0.717) is 45.0 Å². The predicted molar refractivity (Wildman–Crippen MR) is 85.6 cm³/mol. The number of carbonyl (C=O) groups excluding carboxylic acids is 1. The van der Waals surface area contributed by atoms with E-state index in [1.54, 1.807) is 18.2 Å². The first kappa shape index (κ1) is 16.4. The summed E-state index contributed by atoms with van der Waals surface area (Å²) in [4.78, 5) is 17.0. The molecule has 2 heterocycles. The lowest BCUT2D eigenvalue weighted by molar-refractivity contribution is -0.140. The minimum atomic E-state index is -0.564. The molecule has 2 saturated heterocycles. The fourth-order valence-electron chi connectivity index (χ4n) is 3.32. The van der Waals surface area contributed by atoms with Crippen molar-refractivity contribution in [3.05, 3.63) is 35.6 Å². The SMILES string of the molecule is C[C@H]1CN(C(=O)[C@@H](c2ccccc2F)N2CCOCC2)CCN1. The molecule has 3 rings (SSSR count). The zero-order valence-electron chi connectivity index (χ0n) is 13.5. The van der Waals surface area contributed by atoms with Crippen LogP contribution < -0.4 is 5.32 Å². The molecule has 5 nitrogen and oxygen atoms in total. The number of nitrogens with one attached hydrogen (secondary N) is 1. The second-order valence-electron chi connectivity index (χ2n) is 6.21. The van der Waals surface area contributed by atoms with Crippen LogP contribution in [-0.4, -0.2) is 67.7 Å². The van der Waals surface area contributed by atoms with E-state index in [-0.39, 0.29) is 17.8 Å². The standard InChI is InChI=1S/C17H24FN3O2/c1-13-12-21(7-6-19-13)17(22)16(20-8-10-23-11-9-20)14-4-2-3-5-15(14)18/h2-5,13,16,19H,6-12H2,1H3/t13-,16+/m0/s1. The van der Waals surface area contributed by atoms with Crippen LogP contribution in [0.15, 0.2) is 24.3 Å². The third-order valence-electron chi connectivity index (χ3n) is 4.52. The highest BCUT2D eigenvalue weighted by atomic mass is 19.1. The van der Waals surface area contributed by atoms with Crippen molar-refractivity contribution < 1.29 is 13.9 Å². The van der Waals surface area contributed by atoms with Crippen LogP contribution in [0.3, 0.4) is 0 Å². The molecular formula is C17H24FN3O2. The van der Waals surface area contributed by atoms with Gasteiger partial charge in [-0.3, -0.25) is 9.69 Å². The van der Waals surface area contributed by atoms with Crippen molar-refractivity contribution in [3.8, 4) is 0 Å². The normalized spacial score (nSPS) is 24.4. The van der Waals surface area contributed by atoms with Gasteiger partial charge in [0.25, 0.3) is 0 Å². The van der Waals surface area contributed by atoms with E-state index < -0.39 is 6.04 Å². The first-order valence-corrected chi connectivity index (χ1v) is 8.25. The van der Waals surface area contributed by atoms with Gasteiger partial charge in [0.15, 0.2) is 0 Å². The molecule has 23 heavy (non-hydrogen) atoms. The fourth-order valence-corrected chi connectivity index (χ4v) is 3.32. The van der Waals surface area contributed by atoms with Crippen molar-refractivity contribution in [3.63, 3.8) is 0 Å². The second-order valence-corrected chi connectivity index (χ2v) is 6.21. The number of piperazine rings is 1. The van der Waals surface area contributed by atoms with Crippen LogP contribution in [0.2, 0.25) is 0 Å². The Morgan fingerprint density at radius 1 is 1.30 bits per heavy atom. The number of morpholine rings is 1. The van der Waals surface area contributed by atoms with Crippen LogP contribution in [0.25, 0.3) is 0 Å². The molecule has 1 aromatic carbocycles. The minimum Gasteiger partial charge on any atom is -0.379 e. The molecule has 2 fully saturated rings. The van der Waals surface area contributed by atoms with Crippen molar-refractivity contribution in [1.82, 2.24) is 15.1 Å². The molecule has 2 aliphatic heterocycles. The molecule has 0 aliphatic carbocycles. The van der Waals surface area contributed by atoms with Crippen LogP contribution in [-0.2, 0) is 9.53 Å².